The smallest absolute Gasteiger partial charge is 0.234 e. The monoisotopic (exact) mass is 239 g/mol. The zero-order valence-corrected chi connectivity index (χ0v) is 10.7. The van der Waals surface area contributed by atoms with Crippen molar-refractivity contribution >= 4 is 16.3 Å². The van der Waals surface area contributed by atoms with Crippen LogP contribution in [0.2, 0.25) is 0 Å². The van der Waals surface area contributed by atoms with Crippen molar-refractivity contribution in [3.05, 3.63) is 10.8 Å². The maximum Gasteiger partial charge on any atom is 0.234 e. The van der Waals surface area contributed by atoms with Crippen LogP contribution in [0.15, 0.2) is 0 Å². The summed E-state index contributed by atoms with van der Waals surface area (Å²) in [7, 11) is 0. The fourth-order valence-electron chi connectivity index (χ4n) is 1.70. The molecule has 88 valence electrons. The van der Waals surface area contributed by atoms with Gasteiger partial charge in [0.15, 0.2) is 5.82 Å². The van der Waals surface area contributed by atoms with E-state index in [1.807, 2.05) is 4.52 Å². The van der Waals surface area contributed by atoms with Crippen LogP contribution in [-0.2, 0) is 6.42 Å². The molecule has 5 nitrogen and oxygen atoms in total. The largest absolute Gasteiger partial charge is 0.330 e. The van der Waals surface area contributed by atoms with Gasteiger partial charge < -0.3 is 5.73 Å². The van der Waals surface area contributed by atoms with E-state index in [0.29, 0.717) is 18.4 Å². The molecule has 0 saturated carbocycles. The molecule has 0 saturated heterocycles. The summed E-state index contributed by atoms with van der Waals surface area (Å²) >= 11 is 1.59. The molecular weight excluding hydrogens is 222 g/mol. The van der Waals surface area contributed by atoms with E-state index in [-0.39, 0.29) is 0 Å². The van der Waals surface area contributed by atoms with Gasteiger partial charge >= 0.3 is 0 Å². The minimum absolute atomic E-state index is 0.316. The van der Waals surface area contributed by atoms with Crippen LogP contribution in [0.25, 0.3) is 4.96 Å². The number of rotatable bonds is 4. The van der Waals surface area contributed by atoms with Gasteiger partial charge in [-0.25, -0.2) is 0 Å². The Morgan fingerprint density at radius 2 is 2.12 bits per heavy atom. The van der Waals surface area contributed by atoms with Crippen molar-refractivity contribution in [1.29, 1.82) is 0 Å². The van der Waals surface area contributed by atoms with Gasteiger partial charge in [0.2, 0.25) is 4.96 Å². The molecule has 2 N–H and O–H groups in total. The molecule has 0 bridgehead atoms. The van der Waals surface area contributed by atoms with Crippen molar-refractivity contribution in [1.82, 2.24) is 19.8 Å². The van der Waals surface area contributed by atoms with Crippen LogP contribution >= 0.6 is 11.3 Å². The molecule has 0 aromatic carbocycles. The number of nitrogens with zero attached hydrogens (tertiary/aromatic N) is 4. The topological polar surface area (TPSA) is 69.1 Å². The first-order chi connectivity index (χ1) is 7.67. The second-order valence-electron chi connectivity index (χ2n) is 4.19. The standard InChI is InChI=1S/C10H17N5S/c1-4-8-12-13-10-15(8)14-9(16-10)7(5-11)6(2)3/h6-7H,4-5,11H2,1-3H3. The summed E-state index contributed by atoms with van der Waals surface area (Å²) in [5.41, 5.74) is 5.79. The van der Waals surface area contributed by atoms with E-state index in [2.05, 4.69) is 36.1 Å². The van der Waals surface area contributed by atoms with Gasteiger partial charge in [-0.05, 0) is 5.92 Å². The predicted molar refractivity (Wildman–Crippen MR) is 64.7 cm³/mol. The molecular formula is C10H17N5S. The molecule has 0 aliphatic carbocycles. The first kappa shape index (κ1) is 11.5. The molecule has 0 radical (unpaired) electrons. The first-order valence-electron chi connectivity index (χ1n) is 5.58. The first-order valence-corrected chi connectivity index (χ1v) is 6.40. The van der Waals surface area contributed by atoms with Gasteiger partial charge in [0.05, 0.1) is 0 Å². The van der Waals surface area contributed by atoms with E-state index in [4.69, 9.17) is 5.73 Å². The molecule has 0 spiro atoms. The Balaban J connectivity index is 2.42. The van der Waals surface area contributed by atoms with Crippen LogP contribution in [0.1, 0.15) is 37.5 Å². The Morgan fingerprint density at radius 1 is 1.38 bits per heavy atom. The number of aryl methyl sites for hydroxylation is 1. The third kappa shape index (κ3) is 1.82. The van der Waals surface area contributed by atoms with E-state index in [1.165, 1.54) is 0 Å². The van der Waals surface area contributed by atoms with Gasteiger partial charge in [0.1, 0.15) is 5.01 Å². The van der Waals surface area contributed by atoms with Gasteiger partial charge in [-0.15, -0.1) is 10.2 Å². The van der Waals surface area contributed by atoms with E-state index < -0.39 is 0 Å². The SMILES string of the molecule is CCc1nnc2sc(C(CN)C(C)C)nn12. The molecule has 1 unspecified atom stereocenters. The Bertz CT molecular complexity index is 472. The zero-order valence-electron chi connectivity index (χ0n) is 9.84. The van der Waals surface area contributed by atoms with Gasteiger partial charge in [-0.3, -0.25) is 0 Å². The summed E-state index contributed by atoms with van der Waals surface area (Å²) in [5, 5.41) is 13.8. The molecule has 0 amide bonds. The molecule has 16 heavy (non-hydrogen) atoms. The van der Waals surface area contributed by atoms with Gasteiger partial charge in [-0.2, -0.15) is 9.61 Å². The number of hydrogen-bond acceptors (Lipinski definition) is 5. The highest BCUT2D eigenvalue weighted by Gasteiger charge is 2.20. The van der Waals surface area contributed by atoms with Crippen molar-refractivity contribution in [2.24, 2.45) is 11.7 Å². The van der Waals surface area contributed by atoms with E-state index in [9.17, 15) is 0 Å². The van der Waals surface area contributed by atoms with Crippen molar-refractivity contribution < 1.29 is 0 Å². The fraction of sp³-hybridized carbons (Fsp3) is 0.700. The van der Waals surface area contributed by atoms with Crippen LogP contribution in [-0.4, -0.2) is 26.4 Å². The highest BCUT2D eigenvalue weighted by molar-refractivity contribution is 7.16. The second kappa shape index (κ2) is 4.47. The summed E-state index contributed by atoms with van der Waals surface area (Å²) < 4.78 is 1.84. The number of nitrogens with two attached hydrogens (primary N) is 1. The van der Waals surface area contributed by atoms with Crippen LogP contribution in [0, 0.1) is 5.92 Å². The van der Waals surface area contributed by atoms with Crippen molar-refractivity contribution in [3.63, 3.8) is 0 Å². The molecule has 0 aliphatic rings. The molecule has 2 aromatic rings. The Labute approximate surface area is 98.7 Å². The average molecular weight is 239 g/mol. The Kier molecular flexibility index (Phi) is 3.20. The maximum atomic E-state index is 5.79. The highest BCUT2D eigenvalue weighted by atomic mass is 32.1. The Hall–Kier alpha value is -1.01. The predicted octanol–water partition coefficient (Wildman–Crippen LogP) is 1.45. The lowest BCUT2D eigenvalue weighted by Gasteiger charge is -2.14. The van der Waals surface area contributed by atoms with Gasteiger partial charge in [0, 0.05) is 18.9 Å². The van der Waals surface area contributed by atoms with Crippen molar-refractivity contribution in [2.45, 2.75) is 33.1 Å². The second-order valence-corrected chi connectivity index (χ2v) is 5.18. The minimum atomic E-state index is 0.316. The van der Waals surface area contributed by atoms with Crippen LogP contribution in [0.3, 0.4) is 0 Å². The van der Waals surface area contributed by atoms with Crippen LogP contribution < -0.4 is 5.73 Å². The van der Waals surface area contributed by atoms with E-state index >= 15 is 0 Å². The average Bonchev–Trinajstić information content (AvgIpc) is 2.77. The lowest BCUT2D eigenvalue weighted by Crippen LogP contribution is -2.18. The summed E-state index contributed by atoms with van der Waals surface area (Å²) in [6.07, 6.45) is 0.847. The minimum Gasteiger partial charge on any atom is -0.330 e. The van der Waals surface area contributed by atoms with E-state index in [1.54, 1.807) is 11.3 Å². The maximum absolute atomic E-state index is 5.79. The number of aromatic nitrogens is 4. The third-order valence-corrected chi connectivity index (χ3v) is 3.79. The lowest BCUT2D eigenvalue weighted by atomic mass is 9.97. The normalized spacial score (nSPS) is 13.8. The summed E-state index contributed by atoms with van der Waals surface area (Å²) in [6, 6.07) is 0. The van der Waals surface area contributed by atoms with Gasteiger partial charge in [-0.1, -0.05) is 32.1 Å². The molecule has 2 aromatic heterocycles. The highest BCUT2D eigenvalue weighted by Crippen LogP contribution is 2.27. The molecule has 2 heterocycles. The fourth-order valence-corrected chi connectivity index (χ4v) is 2.84. The molecule has 2 rings (SSSR count). The zero-order chi connectivity index (χ0) is 11.7. The van der Waals surface area contributed by atoms with Crippen LogP contribution in [0.5, 0.6) is 0 Å². The number of hydrogen-bond donors (Lipinski definition) is 1. The quantitative estimate of drug-likeness (QED) is 0.876. The molecule has 1 atom stereocenters. The molecule has 0 fully saturated rings. The summed E-state index contributed by atoms with van der Waals surface area (Å²) in [4.78, 5) is 0.867. The Morgan fingerprint density at radius 3 is 2.69 bits per heavy atom. The summed E-state index contributed by atoms with van der Waals surface area (Å²) in [6.45, 7) is 7.02. The van der Waals surface area contributed by atoms with E-state index in [0.717, 1.165) is 22.2 Å². The van der Waals surface area contributed by atoms with Crippen LogP contribution in [0.4, 0.5) is 0 Å². The van der Waals surface area contributed by atoms with Crippen molar-refractivity contribution in [3.8, 4) is 0 Å². The number of fused-ring (bicyclic) bond motifs is 1. The third-order valence-electron chi connectivity index (χ3n) is 2.76. The van der Waals surface area contributed by atoms with Crippen molar-refractivity contribution in [2.75, 3.05) is 6.54 Å². The summed E-state index contributed by atoms with van der Waals surface area (Å²) in [5.74, 6) is 1.73. The van der Waals surface area contributed by atoms with Gasteiger partial charge in [0.25, 0.3) is 0 Å². The lowest BCUT2D eigenvalue weighted by molar-refractivity contribution is 0.498. The molecule has 6 heteroatoms. The molecule has 0 aliphatic heterocycles.